The summed E-state index contributed by atoms with van der Waals surface area (Å²) in [4.78, 5) is 4.44. The minimum Gasteiger partial charge on any atom is -0.370 e. The number of nitrogens with one attached hydrogen (secondary N) is 1. The number of aliphatic imine (C=N–C) groups is 1. The van der Waals surface area contributed by atoms with Crippen LogP contribution in [0.1, 0.15) is 31.7 Å². The normalized spacial score (nSPS) is 17.9. The van der Waals surface area contributed by atoms with Crippen molar-refractivity contribution in [2.45, 2.75) is 33.1 Å². The van der Waals surface area contributed by atoms with E-state index in [1.807, 2.05) is 12.1 Å². The van der Waals surface area contributed by atoms with Crippen molar-refractivity contribution in [2.24, 2.45) is 16.1 Å². The van der Waals surface area contributed by atoms with E-state index >= 15 is 0 Å². The van der Waals surface area contributed by atoms with Gasteiger partial charge in [-0.2, -0.15) is 0 Å². The molecule has 17 heavy (non-hydrogen) atoms. The Morgan fingerprint density at radius 1 is 1.47 bits per heavy atom. The van der Waals surface area contributed by atoms with Gasteiger partial charge in [-0.05, 0) is 49.3 Å². The second-order valence-corrected chi connectivity index (χ2v) is 5.05. The summed E-state index contributed by atoms with van der Waals surface area (Å²) in [5.41, 5.74) is 8.57. The highest BCUT2D eigenvalue weighted by Crippen LogP contribution is 2.48. The molecule has 0 unspecified atom stereocenters. The third kappa shape index (κ3) is 3.22. The molecule has 0 radical (unpaired) electrons. The van der Waals surface area contributed by atoms with Crippen molar-refractivity contribution in [1.82, 2.24) is 0 Å². The average molecular weight is 231 g/mol. The quantitative estimate of drug-likeness (QED) is 0.618. The van der Waals surface area contributed by atoms with E-state index in [0.717, 1.165) is 12.2 Å². The molecule has 1 aliphatic rings. The molecule has 1 aromatic carbocycles. The maximum Gasteiger partial charge on any atom is 0.193 e. The van der Waals surface area contributed by atoms with Gasteiger partial charge in [-0.1, -0.05) is 19.1 Å². The zero-order chi connectivity index (χ0) is 12.3. The van der Waals surface area contributed by atoms with Crippen LogP contribution in [0.4, 0.5) is 5.69 Å². The van der Waals surface area contributed by atoms with Crippen LogP contribution in [0.15, 0.2) is 29.3 Å². The molecule has 1 fully saturated rings. The number of aryl methyl sites for hydroxylation is 1. The summed E-state index contributed by atoms with van der Waals surface area (Å²) in [7, 11) is 0. The van der Waals surface area contributed by atoms with Gasteiger partial charge in [-0.25, -0.2) is 0 Å². The van der Waals surface area contributed by atoms with Crippen molar-refractivity contribution >= 4 is 11.6 Å². The first-order valence-corrected chi connectivity index (χ1v) is 6.27. The molecule has 1 aromatic rings. The Morgan fingerprint density at radius 3 is 2.82 bits per heavy atom. The Balaban J connectivity index is 1.92. The third-order valence-electron chi connectivity index (χ3n) is 3.58. The van der Waals surface area contributed by atoms with Gasteiger partial charge < -0.3 is 11.1 Å². The van der Waals surface area contributed by atoms with E-state index in [-0.39, 0.29) is 0 Å². The summed E-state index contributed by atoms with van der Waals surface area (Å²) in [6.07, 6.45) is 3.80. The van der Waals surface area contributed by atoms with Crippen LogP contribution in [-0.4, -0.2) is 12.5 Å². The van der Waals surface area contributed by atoms with Crippen molar-refractivity contribution in [1.29, 1.82) is 0 Å². The number of nitrogens with zero attached hydrogens (tertiary/aromatic N) is 1. The Morgan fingerprint density at radius 2 is 2.24 bits per heavy atom. The van der Waals surface area contributed by atoms with Crippen LogP contribution < -0.4 is 11.1 Å². The van der Waals surface area contributed by atoms with E-state index in [9.17, 15) is 0 Å². The van der Waals surface area contributed by atoms with E-state index in [4.69, 9.17) is 5.73 Å². The standard InChI is InChI=1S/C14H21N3/c1-3-14(7-8-14)10-16-13(15)17-12-6-4-5-11(2)9-12/h4-6,9H,3,7-8,10H2,1-2H3,(H3,15,16,17). The molecule has 3 heteroatoms. The SMILES string of the molecule is CCC1(CN=C(N)Nc2cccc(C)c2)CC1. The lowest BCUT2D eigenvalue weighted by molar-refractivity contribution is 0.506. The van der Waals surface area contributed by atoms with Gasteiger partial charge >= 0.3 is 0 Å². The van der Waals surface area contributed by atoms with Crippen LogP contribution in [0.2, 0.25) is 0 Å². The van der Waals surface area contributed by atoms with Crippen molar-refractivity contribution in [2.75, 3.05) is 11.9 Å². The third-order valence-corrected chi connectivity index (χ3v) is 3.58. The van der Waals surface area contributed by atoms with Gasteiger partial charge in [-0.15, -0.1) is 0 Å². The Kier molecular flexibility index (Phi) is 3.36. The van der Waals surface area contributed by atoms with Gasteiger partial charge in [0, 0.05) is 12.2 Å². The van der Waals surface area contributed by atoms with Crippen molar-refractivity contribution in [3.8, 4) is 0 Å². The van der Waals surface area contributed by atoms with Crippen molar-refractivity contribution in [3.05, 3.63) is 29.8 Å². The fourth-order valence-corrected chi connectivity index (χ4v) is 1.96. The number of rotatable bonds is 4. The summed E-state index contributed by atoms with van der Waals surface area (Å²) in [6, 6.07) is 8.14. The van der Waals surface area contributed by atoms with Crippen molar-refractivity contribution in [3.63, 3.8) is 0 Å². The average Bonchev–Trinajstić information content (AvgIpc) is 3.07. The Hall–Kier alpha value is -1.51. The van der Waals surface area contributed by atoms with Crippen molar-refractivity contribution < 1.29 is 0 Å². The molecule has 3 nitrogen and oxygen atoms in total. The van der Waals surface area contributed by atoms with E-state index < -0.39 is 0 Å². The lowest BCUT2D eigenvalue weighted by atomic mass is 10.1. The van der Waals surface area contributed by atoms with Gasteiger partial charge in [0.2, 0.25) is 0 Å². The van der Waals surface area contributed by atoms with E-state index in [2.05, 4.69) is 36.3 Å². The van der Waals surface area contributed by atoms with Crippen LogP contribution in [0.3, 0.4) is 0 Å². The van der Waals surface area contributed by atoms with Crippen LogP contribution in [0, 0.1) is 12.3 Å². The predicted molar refractivity (Wildman–Crippen MR) is 73.2 cm³/mol. The molecule has 0 heterocycles. The molecule has 92 valence electrons. The maximum atomic E-state index is 5.88. The molecule has 0 bridgehead atoms. The first-order valence-electron chi connectivity index (χ1n) is 6.27. The van der Waals surface area contributed by atoms with E-state index in [1.54, 1.807) is 0 Å². The van der Waals surface area contributed by atoms with Gasteiger partial charge in [0.15, 0.2) is 5.96 Å². The first-order chi connectivity index (χ1) is 8.13. The molecule has 1 aliphatic carbocycles. The maximum absolute atomic E-state index is 5.88. The largest absolute Gasteiger partial charge is 0.370 e. The van der Waals surface area contributed by atoms with E-state index in [1.165, 1.54) is 24.8 Å². The lowest BCUT2D eigenvalue weighted by Crippen LogP contribution is -2.24. The van der Waals surface area contributed by atoms with Crippen LogP contribution in [0.5, 0.6) is 0 Å². The smallest absolute Gasteiger partial charge is 0.193 e. The van der Waals surface area contributed by atoms with Gasteiger partial charge in [0.25, 0.3) is 0 Å². The zero-order valence-corrected chi connectivity index (χ0v) is 10.7. The molecule has 0 amide bonds. The highest BCUT2D eigenvalue weighted by atomic mass is 15.1. The molecule has 0 atom stereocenters. The van der Waals surface area contributed by atoms with Crippen LogP contribution in [-0.2, 0) is 0 Å². The number of guanidine groups is 1. The fourth-order valence-electron chi connectivity index (χ4n) is 1.96. The first kappa shape index (κ1) is 12.0. The fraction of sp³-hybridized carbons (Fsp3) is 0.500. The molecule has 0 aromatic heterocycles. The molecular weight excluding hydrogens is 210 g/mol. The summed E-state index contributed by atoms with van der Waals surface area (Å²) in [5, 5.41) is 3.13. The van der Waals surface area contributed by atoms with Gasteiger partial charge in [0.05, 0.1) is 0 Å². The van der Waals surface area contributed by atoms with Gasteiger partial charge in [0.1, 0.15) is 0 Å². The minimum atomic E-state index is 0.457. The van der Waals surface area contributed by atoms with Crippen LogP contribution >= 0.6 is 0 Å². The second kappa shape index (κ2) is 4.78. The van der Waals surface area contributed by atoms with E-state index in [0.29, 0.717) is 11.4 Å². The highest BCUT2D eigenvalue weighted by Gasteiger charge is 2.40. The molecule has 0 saturated heterocycles. The summed E-state index contributed by atoms with van der Waals surface area (Å²) >= 11 is 0. The number of hydrogen-bond acceptors (Lipinski definition) is 1. The summed E-state index contributed by atoms with van der Waals surface area (Å²) < 4.78 is 0. The Bertz CT molecular complexity index is 419. The summed E-state index contributed by atoms with van der Waals surface area (Å²) in [6.45, 7) is 5.15. The molecule has 2 rings (SSSR count). The molecule has 3 N–H and O–H groups in total. The topological polar surface area (TPSA) is 50.4 Å². The second-order valence-electron chi connectivity index (χ2n) is 5.05. The zero-order valence-electron chi connectivity index (χ0n) is 10.7. The Labute approximate surface area is 103 Å². The number of nitrogens with two attached hydrogens (primary N) is 1. The molecular formula is C14H21N3. The molecule has 0 aliphatic heterocycles. The van der Waals surface area contributed by atoms with Gasteiger partial charge in [-0.3, -0.25) is 4.99 Å². The predicted octanol–water partition coefficient (Wildman–Crippen LogP) is 2.91. The number of benzene rings is 1. The van der Waals surface area contributed by atoms with Crippen LogP contribution in [0.25, 0.3) is 0 Å². The number of anilines is 1. The number of hydrogen-bond donors (Lipinski definition) is 2. The lowest BCUT2D eigenvalue weighted by Gasteiger charge is -2.10. The molecule has 0 spiro atoms. The summed E-state index contributed by atoms with van der Waals surface area (Å²) in [5.74, 6) is 0.523. The monoisotopic (exact) mass is 231 g/mol. The highest BCUT2D eigenvalue weighted by molar-refractivity contribution is 5.92. The minimum absolute atomic E-state index is 0.457. The molecule has 1 saturated carbocycles.